The van der Waals surface area contributed by atoms with E-state index < -0.39 is 12.0 Å². The third-order valence-corrected chi connectivity index (χ3v) is 6.79. The molecule has 1 aliphatic rings. The van der Waals surface area contributed by atoms with Crippen LogP contribution in [0.15, 0.2) is 48.5 Å². The van der Waals surface area contributed by atoms with Crippen LogP contribution in [0.3, 0.4) is 0 Å². The summed E-state index contributed by atoms with van der Waals surface area (Å²) in [5.74, 6) is -1.55. The van der Waals surface area contributed by atoms with Gasteiger partial charge >= 0.3 is 5.97 Å². The van der Waals surface area contributed by atoms with Gasteiger partial charge in [0.25, 0.3) is 5.91 Å². The second-order valence-electron chi connectivity index (χ2n) is 8.34. The summed E-state index contributed by atoms with van der Waals surface area (Å²) in [4.78, 5) is 50.6. The molecule has 0 aromatic heterocycles. The molecular weight excluding hydrogens is 505 g/mol. The number of hydrogen-bond acceptors (Lipinski definition) is 5. The standard InChI is InChI=1S/C26H27Cl2N3O5/c1-16(26(35)36-2)29-24(33)19-12-14-31(15-13-19)21(32)11-9-17-8-10-20(23(28)22(17)27)30-25(34)18-6-4-3-5-7-18/h3-11,16,19H,12-15H2,1-2H3,(H,29,33)(H,30,34). The number of piperidine rings is 1. The van der Waals surface area contributed by atoms with Gasteiger partial charge in [0, 0.05) is 30.6 Å². The van der Waals surface area contributed by atoms with Crippen LogP contribution in [-0.4, -0.2) is 54.8 Å². The van der Waals surface area contributed by atoms with Crippen molar-refractivity contribution in [3.63, 3.8) is 0 Å². The molecule has 2 N–H and O–H groups in total. The highest BCUT2D eigenvalue weighted by Crippen LogP contribution is 2.34. The molecule has 10 heteroatoms. The number of ether oxygens (including phenoxy) is 1. The zero-order valence-corrected chi connectivity index (χ0v) is 21.4. The first kappa shape index (κ1) is 27.2. The molecule has 1 unspecified atom stereocenters. The zero-order chi connectivity index (χ0) is 26.2. The Labute approximate surface area is 219 Å². The number of likely N-dealkylation sites (tertiary alicyclic amines) is 1. The predicted molar refractivity (Wildman–Crippen MR) is 139 cm³/mol. The molecule has 0 bridgehead atoms. The monoisotopic (exact) mass is 531 g/mol. The van der Waals surface area contributed by atoms with Crippen molar-refractivity contribution in [2.45, 2.75) is 25.8 Å². The Balaban J connectivity index is 1.56. The number of amides is 3. The first-order chi connectivity index (χ1) is 17.2. The van der Waals surface area contributed by atoms with Crippen LogP contribution in [0.4, 0.5) is 5.69 Å². The summed E-state index contributed by atoms with van der Waals surface area (Å²) in [5.41, 5.74) is 1.37. The van der Waals surface area contributed by atoms with Crippen molar-refractivity contribution in [1.82, 2.24) is 10.2 Å². The SMILES string of the molecule is COC(=O)C(C)NC(=O)C1CCN(C(=O)C=Cc2ccc(NC(=O)c3ccccc3)c(Cl)c2Cl)CC1. The van der Waals surface area contributed by atoms with Crippen LogP contribution < -0.4 is 10.6 Å². The van der Waals surface area contributed by atoms with Crippen molar-refractivity contribution >= 4 is 58.7 Å². The Bertz CT molecular complexity index is 1160. The molecule has 36 heavy (non-hydrogen) atoms. The summed E-state index contributed by atoms with van der Waals surface area (Å²) in [6, 6.07) is 11.3. The fourth-order valence-corrected chi connectivity index (χ4v) is 4.22. The number of nitrogens with zero attached hydrogens (tertiary/aromatic N) is 1. The topological polar surface area (TPSA) is 105 Å². The van der Waals surface area contributed by atoms with Gasteiger partial charge < -0.3 is 20.3 Å². The number of methoxy groups -OCH3 is 1. The third kappa shape index (κ3) is 6.86. The van der Waals surface area contributed by atoms with Crippen molar-refractivity contribution in [3.8, 4) is 0 Å². The molecule has 1 atom stereocenters. The molecule has 0 saturated carbocycles. The number of esters is 1. The molecule has 0 spiro atoms. The van der Waals surface area contributed by atoms with Gasteiger partial charge in [0.2, 0.25) is 11.8 Å². The molecule has 2 aromatic carbocycles. The van der Waals surface area contributed by atoms with E-state index in [0.717, 1.165) is 0 Å². The minimum absolute atomic E-state index is 0.170. The first-order valence-electron chi connectivity index (χ1n) is 11.4. The van der Waals surface area contributed by atoms with E-state index in [0.29, 0.717) is 42.7 Å². The van der Waals surface area contributed by atoms with E-state index in [4.69, 9.17) is 23.2 Å². The first-order valence-corrected chi connectivity index (χ1v) is 12.2. The van der Waals surface area contributed by atoms with E-state index in [1.165, 1.54) is 13.2 Å². The summed E-state index contributed by atoms with van der Waals surface area (Å²) >= 11 is 12.8. The molecule has 1 heterocycles. The van der Waals surface area contributed by atoms with Gasteiger partial charge in [0.15, 0.2) is 0 Å². The molecule has 3 amide bonds. The van der Waals surface area contributed by atoms with Gasteiger partial charge in [0.05, 0.1) is 22.8 Å². The van der Waals surface area contributed by atoms with E-state index in [2.05, 4.69) is 15.4 Å². The number of carbonyl (C=O) groups is 4. The Morgan fingerprint density at radius 3 is 2.33 bits per heavy atom. The van der Waals surface area contributed by atoms with Crippen molar-refractivity contribution < 1.29 is 23.9 Å². The quantitative estimate of drug-likeness (QED) is 0.412. The number of halogens is 2. The molecule has 0 radical (unpaired) electrons. The van der Waals surface area contributed by atoms with E-state index in [1.54, 1.807) is 54.3 Å². The minimum Gasteiger partial charge on any atom is -0.467 e. The summed E-state index contributed by atoms with van der Waals surface area (Å²) < 4.78 is 4.62. The number of benzene rings is 2. The van der Waals surface area contributed by atoms with Crippen LogP contribution in [0, 0.1) is 5.92 Å². The molecular formula is C26H27Cl2N3O5. The minimum atomic E-state index is -0.722. The van der Waals surface area contributed by atoms with Crippen molar-refractivity contribution in [2.24, 2.45) is 5.92 Å². The molecule has 2 aromatic rings. The average Bonchev–Trinajstić information content (AvgIpc) is 2.90. The lowest BCUT2D eigenvalue weighted by Crippen LogP contribution is -2.46. The number of nitrogens with one attached hydrogen (secondary N) is 2. The molecule has 1 aliphatic heterocycles. The smallest absolute Gasteiger partial charge is 0.328 e. The summed E-state index contributed by atoms with van der Waals surface area (Å²) in [6.07, 6.45) is 3.94. The van der Waals surface area contributed by atoms with E-state index >= 15 is 0 Å². The van der Waals surface area contributed by atoms with Crippen LogP contribution in [0.2, 0.25) is 10.0 Å². The largest absolute Gasteiger partial charge is 0.467 e. The molecule has 1 saturated heterocycles. The Morgan fingerprint density at radius 2 is 1.69 bits per heavy atom. The van der Waals surface area contributed by atoms with Crippen LogP contribution in [-0.2, 0) is 19.1 Å². The summed E-state index contributed by atoms with van der Waals surface area (Å²) in [7, 11) is 1.27. The third-order valence-electron chi connectivity index (χ3n) is 5.89. The number of carbonyl (C=O) groups excluding carboxylic acids is 4. The highest BCUT2D eigenvalue weighted by atomic mass is 35.5. The lowest BCUT2D eigenvalue weighted by Gasteiger charge is -2.31. The van der Waals surface area contributed by atoms with Crippen LogP contribution in [0.25, 0.3) is 6.08 Å². The normalized spacial score (nSPS) is 14.8. The summed E-state index contributed by atoms with van der Waals surface area (Å²) in [5, 5.41) is 5.76. The molecule has 0 aliphatic carbocycles. The zero-order valence-electron chi connectivity index (χ0n) is 19.9. The maximum atomic E-state index is 12.7. The van der Waals surface area contributed by atoms with E-state index in [1.807, 2.05) is 6.07 Å². The van der Waals surface area contributed by atoms with Crippen LogP contribution in [0.1, 0.15) is 35.7 Å². The molecule has 8 nitrogen and oxygen atoms in total. The van der Waals surface area contributed by atoms with Gasteiger partial charge in [-0.1, -0.05) is 47.5 Å². The van der Waals surface area contributed by atoms with Gasteiger partial charge in [0.1, 0.15) is 6.04 Å². The van der Waals surface area contributed by atoms with E-state index in [9.17, 15) is 19.2 Å². The second-order valence-corrected chi connectivity index (χ2v) is 9.09. The van der Waals surface area contributed by atoms with Gasteiger partial charge in [-0.3, -0.25) is 14.4 Å². The number of rotatable bonds is 7. The Hall–Kier alpha value is -3.36. The lowest BCUT2D eigenvalue weighted by molar-refractivity contribution is -0.145. The fourth-order valence-electron chi connectivity index (χ4n) is 3.77. The van der Waals surface area contributed by atoms with Gasteiger partial charge in [-0.05, 0) is 49.6 Å². The van der Waals surface area contributed by atoms with Gasteiger partial charge in [-0.15, -0.1) is 0 Å². The van der Waals surface area contributed by atoms with Crippen molar-refractivity contribution in [1.29, 1.82) is 0 Å². The maximum Gasteiger partial charge on any atom is 0.328 e. The summed E-state index contributed by atoms with van der Waals surface area (Å²) in [6.45, 7) is 2.38. The van der Waals surface area contributed by atoms with Crippen molar-refractivity contribution in [3.05, 3.63) is 69.7 Å². The van der Waals surface area contributed by atoms with Crippen molar-refractivity contribution in [2.75, 3.05) is 25.5 Å². The Kier molecular flexibility index (Phi) is 9.50. The predicted octanol–water partition coefficient (Wildman–Crippen LogP) is 4.18. The average molecular weight is 532 g/mol. The molecule has 190 valence electrons. The van der Waals surface area contributed by atoms with Crippen LogP contribution in [0.5, 0.6) is 0 Å². The van der Waals surface area contributed by atoms with Gasteiger partial charge in [-0.2, -0.15) is 0 Å². The second kappa shape index (κ2) is 12.6. The van der Waals surface area contributed by atoms with Crippen LogP contribution >= 0.6 is 23.2 Å². The highest BCUT2D eigenvalue weighted by Gasteiger charge is 2.28. The lowest BCUT2D eigenvalue weighted by atomic mass is 9.95. The molecule has 1 fully saturated rings. The van der Waals surface area contributed by atoms with E-state index in [-0.39, 0.29) is 33.7 Å². The Morgan fingerprint density at radius 1 is 1.03 bits per heavy atom. The van der Waals surface area contributed by atoms with Gasteiger partial charge in [-0.25, -0.2) is 4.79 Å². The highest BCUT2D eigenvalue weighted by molar-refractivity contribution is 6.45. The maximum absolute atomic E-state index is 12.7. The number of anilines is 1. The number of hydrogen-bond donors (Lipinski definition) is 2. The fraction of sp³-hybridized carbons (Fsp3) is 0.308. The molecule has 3 rings (SSSR count).